The molecule has 4 heterocycles. The van der Waals surface area contributed by atoms with Gasteiger partial charge in [0, 0.05) is 24.7 Å². The molecule has 7 N–H and O–H groups in total. The second kappa shape index (κ2) is 11.2. The Balaban J connectivity index is 1.05. The van der Waals surface area contributed by atoms with Gasteiger partial charge in [0.1, 0.15) is 42.5 Å². The molecule has 0 spiro atoms. The zero-order valence-corrected chi connectivity index (χ0v) is 24.7. The zero-order valence-electron chi connectivity index (χ0n) is 24.7. The van der Waals surface area contributed by atoms with Crippen molar-refractivity contribution >= 4 is 28.0 Å². The topological polar surface area (TPSA) is 173 Å². The first-order valence-corrected chi connectivity index (χ1v) is 15.0. The molecule has 226 valence electrons. The highest BCUT2D eigenvalue weighted by Crippen LogP contribution is 2.33. The number of hydrogen-bond acceptors (Lipinski definition) is 9. The van der Waals surface area contributed by atoms with E-state index >= 15 is 0 Å². The van der Waals surface area contributed by atoms with Gasteiger partial charge >= 0.3 is 0 Å². The highest BCUT2D eigenvalue weighted by atomic mass is 16.6. The minimum atomic E-state index is -1.11. The molecule has 6 rings (SSSR count). The van der Waals surface area contributed by atoms with Crippen LogP contribution in [0.3, 0.4) is 0 Å². The maximum absolute atomic E-state index is 11.0. The van der Waals surface area contributed by atoms with E-state index in [1.165, 1.54) is 17.6 Å². The maximum atomic E-state index is 11.0. The monoisotopic (exact) mass is 579 g/mol. The fourth-order valence-electron chi connectivity index (χ4n) is 6.60. The van der Waals surface area contributed by atoms with Crippen molar-refractivity contribution in [3.63, 3.8) is 0 Å². The van der Waals surface area contributed by atoms with Crippen LogP contribution < -0.4 is 10.6 Å². The van der Waals surface area contributed by atoms with Crippen molar-refractivity contribution < 1.29 is 25.0 Å². The third kappa shape index (κ3) is 5.26. The van der Waals surface area contributed by atoms with E-state index in [2.05, 4.69) is 45.9 Å². The molecule has 0 bridgehead atoms. The SMILES string of the molecule is CC(C)[NH+](C[C@H]1O[C@@H](n2cnc3c(N)ncnc32)[C@H](O)[C@@H]1O)C1CC(CCc2nc3ccc(C(C)(C)CO)cc3[nH]2)C1. The number of hydrogen-bond donors (Lipinski definition) is 6. The van der Waals surface area contributed by atoms with Gasteiger partial charge in [0.25, 0.3) is 0 Å². The lowest BCUT2D eigenvalue weighted by Crippen LogP contribution is -3.20. The molecule has 1 unspecified atom stereocenters. The number of nitrogens with zero attached hydrogens (tertiary/aromatic N) is 5. The molecule has 4 aromatic rings. The molecule has 1 saturated heterocycles. The molecular formula is C30H43N8O4+. The Hall–Kier alpha value is -3.16. The summed E-state index contributed by atoms with van der Waals surface area (Å²) in [5, 5.41) is 31.6. The van der Waals surface area contributed by atoms with E-state index < -0.39 is 24.5 Å². The Kier molecular flexibility index (Phi) is 7.69. The van der Waals surface area contributed by atoms with Crippen molar-refractivity contribution in [2.75, 3.05) is 18.9 Å². The van der Waals surface area contributed by atoms with Gasteiger partial charge in [-0.1, -0.05) is 19.9 Å². The summed E-state index contributed by atoms with van der Waals surface area (Å²) < 4.78 is 7.88. The Labute approximate surface area is 245 Å². The Morgan fingerprint density at radius 1 is 1.17 bits per heavy atom. The molecule has 1 aromatic carbocycles. The van der Waals surface area contributed by atoms with E-state index in [9.17, 15) is 15.3 Å². The maximum Gasteiger partial charge on any atom is 0.167 e. The van der Waals surface area contributed by atoms with Crippen molar-refractivity contribution in [2.24, 2.45) is 5.92 Å². The number of aliphatic hydroxyl groups is 3. The number of H-pyrrole nitrogens is 1. The Morgan fingerprint density at radius 2 is 1.95 bits per heavy atom. The fourth-order valence-corrected chi connectivity index (χ4v) is 6.60. The molecule has 12 heteroatoms. The molecule has 1 aliphatic carbocycles. The van der Waals surface area contributed by atoms with Gasteiger partial charge in [0.05, 0.1) is 36.1 Å². The van der Waals surface area contributed by atoms with E-state index in [0.717, 1.165) is 48.1 Å². The number of quaternary nitrogens is 1. The van der Waals surface area contributed by atoms with E-state index in [-0.39, 0.29) is 17.8 Å². The third-order valence-corrected chi connectivity index (χ3v) is 9.43. The van der Waals surface area contributed by atoms with Crippen LogP contribution in [-0.2, 0) is 16.6 Å². The lowest BCUT2D eigenvalue weighted by molar-refractivity contribution is -0.955. The molecule has 1 aliphatic heterocycles. The average Bonchev–Trinajstić information content (AvgIpc) is 3.63. The number of imidazole rings is 2. The lowest BCUT2D eigenvalue weighted by atomic mass is 9.76. The molecule has 0 radical (unpaired) electrons. The Bertz CT molecular complexity index is 1540. The molecule has 1 saturated carbocycles. The minimum absolute atomic E-state index is 0.0947. The molecular weight excluding hydrogens is 536 g/mol. The molecule has 2 aliphatic rings. The number of fused-ring (bicyclic) bond motifs is 2. The number of aromatic nitrogens is 6. The summed E-state index contributed by atoms with van der Waals surface area (Å²) >= 11 is 0. The van der Waals surface area contributed by atoms with Crippen molar-refractivity contribution in [3.05, 3.63) is 42.2 Å². The lowest BCUT2D eigenvalue weighted by Gasteiger charge is -2.43. The first kappa shape index (κ1) is 28.9. The summed E-state index contributed by atoms with van der Waals surface area (Å²) in [7, 11) is 0. The molecule has 12 nitrogen and oxygen atoms in total. The summed E-state index contributed by atoms with van der Waals surface area (Å²) in [5.41, 5.74) is 9.61. The fraction of sp³-hybridized carbons (Fsp3) is 0.600. The zero-order chi connectivity index (χ0) is 29.8. The first-order chi connectivity index (χ1) is 20.1. The second-order valence-electron chi connectivity index (χ2n) is 13.1. The van der Waals surface area contributed by atoms with Gasteiger partial charge < -0.3 is 35.7 Å². The standard InChI is InChI=1S/C30H42N8O4/c1-16(2)37(12-22-25(40)26(41)29(42-22)38-15-34-24-27(31)32-14-33-28(24)38)19-9-17(10-19)5-8-23-35-20-7-6-18(11-21(20)36-23)30(3,4)13-39/h6-7,11,14-17,19,22,25-26,29,39-41H,5,8-10,12-13H2,1-4H3,(H,35,36)(H2,31,32,33)/p+1/t17?,19?,22-,25-,26-,29-/m1/s1. The number of nitrogens with one attached hydrogen (secondary N) is 2. The van der Waals surface area contributed by atoms with Gasteiger partial charge in [-0.15, -0.1) is 0 Å². The van der Waals surface area contributed by atoms with Crippen LogP contribution in [0.4, 0.5) is 5.82 Å². The van der Waals surface area contributed by atoms with Crippen LogP contribution in [0, 0.1) is 5.92 Å². The second-order valence-corrected chi connectivity index (χ2v) is 13.1. The van der Waals surface area contributed by atoms with E-state index in [0.29, 0.717) is 35.7 Å². The van der Waals surface area contributed by atoms with Crippen molar-refractivity contribution in [1.82, 2.24) is 29.5 Å². The summed E-state index contributed by atoms with van der Waals surface area (Å²) in [6.07, 6.45) is 3.61. The average molecular weight is 580 g/mol. The van der Waals surface area contributed by atoms with Crippen molar-refractivity contribution in [2.45, 2.75) is 95.4 Å². The number of aliphatic hydroxyl groups excluding tert-OH is 3. The molecule has 3 aromatic heterocycles. The predicted octanol–water partition coefficient (Wildman–Crippen LogP) is 0.879. The largest absolute Gasteiger partial charge is 0.395 e. The highest BCUT2D eigenvalue weighted by molar-refractivity contribution is 5.81. The summed E-state index contributed by atoms with van der Waals surface area (Å²) in [4.78, 5) is 22.2. The van der Waals surface area contributed by atoms with Crippen molar-refractivity contribution in [3.8, 4) is 0 Å². The van der Waals surface area contributed by atoms with Crippen LogP contribution >= 0.6 is 0 Å². The summed E-state index contributed by atoms with van der Waals surface area (Å²) in [5.74, 6) is 1.88. The van der Waals surface area contributed by atoms with Crippen LogP contribution in [0.25, 0.3) is 22.2 Å². The van der Waals surface area contributed by atoms with Gasteiger partial charge in [-0.25, -0.2) is 19.9 Å². The van der Waals surface area contributed by atoms with Gasteiger partial charge in [-0.05, 0) is 43.9 Å². The van der Waals surface area contributed by atoms with Gasteiger partial charge in [-0.2, -0.15) is 0 Å². The smallest absolute Gasteiger partial charge is 0.167 e. The van der Waals surface area contributed by atoms with Gasteiger partial charge in [-0.3, -0.25) is 4.57 Å². The molecule has 42 heavy (non-hydrogen) atoms. The number of aryl methyl sites for hydroxylation is 1. The molecule has 5 atom stereocenters. The number of aromatic amines is 1. The van der Waals surface area contributed by atoms with Crippen LogP contribution in [0.15, 0.2) is 30.9 Å². The number of rotatable bonds is 10. The number of nitrogen functional groups attached to an aromatic ring is 1. The van der Waals surface area contributed by atoms with Gasteiger partial charge in [0.15, 0.2) is 17.7 Å². The summed E-state index contributed by atoms with van der Waals surface area (Å²) in [6.45, 7) is 9.16. The van der Waals surface area contributed by atoms with Crippen molar-refractivity contribution in [1.29, 1.82) is 0 Å². The van der Waals surface area contributed by atoms with Crippen LogP contribution in [0.2, 0.25) is 0 Å². The number of ether oxygens (including phenoxy) is 1. The summed E-state index contributed by atoms with van der Waals surface area (Å²) in [6, 6.07) is 7.01. The highest BCUT2D eigenvalue weighted by Gasteiger charge is 2.48. The Morgan fingerprint density at radius 3 is 2.69 bits per heavy atom. The number of benzene rings is 1. The first-order valence-electron chi connectivity index (χ1n) is 15.0. The van der Waals surface area contributed by atoms with Crippen LogP contribution in [0.1, 0.15) is 64.6 Å². The predicted molar refractivity (Wildman–Crippen MR) is 158 cm³/mol. The minimum Gasteiger partial charge on any atom is -0.395 e. The van der Waals surface area contributed by atoms with E-state index in [4.69, 9.17) is 15.5 Å². The number of anilines is 1. The van der Waals surface area contributed by atoms with E-state index in [1.807, 2.05) is 19.9 Å². The normalized spacial score (nSPS) is 27.2. The van der Waals surface area contributed by atoms with Crippen LogP contribution in [-0.4, -0.2) is 88.4 Å². The van der Waals surface area contributed by atoms with Gasteiger partial charge in [0.2, 0.25) is 0 Å². The third-order valence-electron chi connectivity index (χ3n) is 9.43. The van der Waals surface area contributed by atoms with E-state index in [1.54, 1.807) is 4.57 Å². The molecule has 0 amide bonds. The molecule has 2 fully saturated rings. The quantitative estimate of drug-likeness (QED) is 0.159. The van der Waals surface area contributed by atoms with Crippen LogP contribution in [0.5, 0.6) is 0 Å². The number of nitrogens with two attached hydrogens (primary N) is 1.